The number of nitrogens with zero attached hydrogens (tertiary/aromatic N) is 2. The van der Waals surface area contributed by atoms with Crippen molar-refractivity contribution in [2.45, 2.75) is 19.4 Å². The normalized spacial score (nSPS) is 14.2. The van der Waals surface area contributed by atoms with Crippen molar-refractivity contribution in [3.8, 4) is 0 Å². The average Bonchev–Trinajstić information content (AvgIpc) is 2.97. The van der Waals surface area contributed by atoms with E-state index in [1.54, 1.807) is 6.08 Å². The lowest BCUT2D eigenvalue weighted by molar-refractivity contribution is 0.241. The largest absolute Gasteiger partial charge is 0.357 e. The minimum absolute atomic E-state index is 0.191. The second-order valence-electron chi connectivity index (χ2n) is 4.57. The van der Waals surface area contributed by atoms with Crippen LogP contribution in [0.2, 0.25) is 0 Å². The van der Waals surface area contributed by atoms with E-state index in [4.69, 9.17) is 0 Å². The van der Waals surface area contributed by atoms with E-state index in [-0.39, 0.29) is 6.03 Å². The van der Waals surface area contributed by atoms with Crippen molar-refractivity contribution in [1.82, 2.24) is 15.6 Å². The number of carbonyl (C=O) groups is 1. The molecule has 1 saturated heterocycles. The Morgan fingerprint density at radius 2 is 2.16 bits per heavy atom. The van der Waals surface area contributed by atoms with Crippen LogP contribution in [-0.2, 0) is 6.54 Å². The highest BCUT2D eigenvalue weighted by molar-refractivity contribution is 5.73. The quantitative estimate of drug-likeness (QED) is 0.792. The van der Waals surface area contributed by atoms with Gasteiger partial charge in [-0.3, -0.25) is 0 Å². The first-order valence-electron chi connectivity index (χ1n) is 6.62. The Morgan fingerprint density at radius 1 is 1.37 bits per heavy atom. The van der Waals surface area contributed by atoms with Crippen LogP contribution in [0.4, 0.5) is 10.6 Å². The van der Waals surface area contributed by atoms with Crippen LogP contribution in [0.3, 0.4) is 0 Å². The Morgan fingerprint density at radius 3 is 2.79 bits per heavy atom. The number of anilines is 1. The first-order valence-corrected chi connectivity index (χ1v) is 6.62. The van der Waals surface area contributed by atoms with Gasteiger partial charge < -0.3 is 15.5 Å². The second-order valence-corrected chi connectivity index (χ2v) is 4.57. The van der Waals surface area contributed by atoms with E-state index in [2.05, 4.69) is 27.1 Å². The smallest absolute Gasteiger partial charge is 0.315 e. The highest BCUT2D eigenvalue weighted by atomic mass is 16.2. The minimum atomic E-state index is -0.191. The van der Waals surface area contributed by atoms with E-state index in [9.17, 15) is 4.79 Å². The fourth-order valence-corrected chi connectivity index (χ4v) is 2.06. The molecule has 1 aliphatic heterocycles. The molecule has 0 aromatic carbocycles. The van der Waals surface area contributed by atoms with Gasteiger partial charge in [-0.15, -0.1) is 6.58 Å². The molecule has 0 unspecified atom stereocenters. The van der Waals surface area contributed by atoms with Crippen molar-refractivity contribution in [2.75, 3.05) is 24.5 Å². The number of rotatable bonds is 5. The second kappa shape index (κ2) is 6.78. The van der Waals surface area contributed by atoms with Gasteiger partial charge in [0.15, 0.2) is 0 Å². The van der Waals surface area contributed by atoms with Gasteiger partial charge in [0, 0.05) is 32.4 Å². The molecule has 0 atom stereocenters. The maximum absolute atomic E-state index is 11.4. The first-order chi connectivity index (χ1) is 9.29. The molecule has 0 saturated carbocycles. The number of aromatic nitrogens is 1. The van der Waals surface area contributed by atoms with E-state index in [0.717, 1.165) is 24.5 Å². The molecule has 2 rings (SSSR count). The van der Waals surface area contributed by atoms with E-state index in [1.807, 2.05) is 18.3 Å². The van der Waals surface area contributed by atoms with E-state index >= 15 is 0 Å². The molecule has 1 aliphatic rings. The Labute approximate surface area is 113 Å². The van der Waals surface area contributed by atoms with Crippen molar-refractivity contribution in [2.24, 2.45) is 0 Å². The Balaban J connectivity index is 1.81. The zero-order valence-corrected chi connectivity index (χ0v) is 11.1. The van der Waals surface area contributed by atoms with E-state index in [0.29, 0.717) is 13.1 Å². The molecule has 1 aromatic rings. The summed E-state index contributed by atoms with van der Waals surface area (Å²) in [7, 11) is 0. The summed E-state index contributed by atoms with van der Waals surface area (Å²) in [4.78, 5) is 18.1. The third-order valence-corrected chi connectivity index (χ3v) is 3.10. The van der Waals surface area contributed by atoms with Gasteiger partial charge in [-0.2, -0.15) is 0 Å². The van der Waals surface area contributed by atoms with E-state index < -0.39 is 0 Å². The number of hydrogen-bond acceptors (Lipinski definition) is 3. The van der Waals surface area contributed by atoms with E-state index in [1.165, 1.54) is 12.8 Å². The van der Waals surface area contributed by atoms with Crippen molar-refractivity contribution < 1.29 is 4.79 Å². The van der Waals surface area contributed by atoms with Crippen LogP contribution < -0.4 is 15.5 Å². The van der Waals surface area contributed by atoms with Crippen LogP contribution in [0.5, 0.6) is 0 Å². The summed E-state index contributed by atoms with van der Waals surface area (Å²) in [6.07, 6.45) is 5.95. The maximum Gasteiger partial charge on any atom is 0.315 e. The van der Waals surface area contributed by atoms with Gasteiger partial charge in [0.2, 0.25) is 0 Å². The maximum atomic E-state index is 11.4. The Bertz CT molecular complexity index is 424. The van der Waals surface area contributed by atoms with Gasteiger partial charge in [-0.1, -0.05) is 12.1 Å². The highest BCUT2D eigenvalue weighted by Gasteiger charge is 2.12. The Hall–Kier alpha value is -2.04. The van der Waals surface area contributed by atoms with Crippen LogP contribution in [0.15, 0.2) is 31.0 Å². The summed E-state index contributed by atoms with van der Waals surface area (Å²) in [6, 6.07) is 3.84. The molecule has 2 amide bonds. The first kappa shape index (κ1) is 13.4. The minimum Gasteiger partial charge on any atom is -0.357 e. The van der Waals surface area contributed by atoms with Gasteiger partial charge >= 0.3 is 6.03 Å². The van der Waals surface area contributed by atoms with Gasteiger partial charge in [0.25, 0.3) is 0 Å². The zero-order chi connectivity index (χ0) is 13.5. The number of hydrogen-bond donors (Lipinski definition) is 2. The molecular weight excluding hydrogens is 240 g/mol. The molecule has 0 radical (unpaired) electrons. The van der Waals surface area contributed by atoms with Crippen molar-refractivity contribution >= 4 is 11.8 Å². The average molecular weight is 260 g/mol. The molecule has 5 nitrogen and oxygen atoms in total. The molecular formula is C14H20N4O. The summed E-state index contributed by atoms with van der Waals surface area (Å²) in [6.45, 7) is 6.68. The number of urea groups is 1. The summed E-state index contributed by atoms with van der Waals surface area (Å²) < 4.78 is 0. The highest BCUT2D eigenvalue weighted by Crippen LogP contribution is 2.17. The molecule has 2 N–H and O–H groups in total. The summed E-state index contributed by atoms with van der Waals surface area (Å²) in [5.41, 5.74) is 0.997. The lowest BCUT2D eigenvalue weighted by Crippen LogP contribution is -2.35. The van der Waals surface area contributed by atoms with Crippen LogP contribution in [0, 0.1) is 0 Å². The number of amides is 2. The SMILES string of the molecule is C=CCNC(=O)NCc1ccc(N2CCCC2)nc1. The number of nitrogens with one attached hydrogen (secondary N) is 2. The lowest BCUT2D eigenvalue weighted by Gasteiger charge is -2.16. The van der Waals surface area contributed by atoms with Crippen molar-refractivity contribution in [3.05, 3.63) is 36.5 Å². The molecule has 5 heteroatoms. The third-order valence-electron chi connectivity index (χ3n) is 3.10. The van der Waals surface area contributed by atoms with Gasteiger partial charge in [0.05, 0.1) is 0 Å². The molecule has 1 aromatic heterocycles. The van der Waals surface area contributed by atoms with Crippen LogP contribution >= 0.6 is 0 Å². The predicted molar refractivity (Wildman–Crippen MR) is 76.1 cm³/mol. The van der Waals surface area contributed by atoms with Gasteiger partial charge in [0.1, 0.15) is 5.82 Å². The van der Waals surface area contributed by atoms with Crippen LogP contribution in [-0.4, -0.2) is 30.6 Å². The zero-order valence-electron chi connectivity index (χ0n) is 11.1. The number of pyridine rings is 1. The lowest BCUT2D eigenvalue weighted by atomic mass is 10.3. The molecule has 1 fully saturated rings. The molecule has 2 heterocycles. The van der Waals surface area contributed by atoms with Crippen LogP contribution in [0.1, 0.15) is 18.4 Å². The topological polar surface area (TPSA) is 57.3 Å². The van der Waals surface area contributed by atoms with Crippen LogP contribution in [0.25, 0.3) is 0 Å². The summed E-state index contributed by atoms with van der Waals surface area (Å²) in [5.74, 6) is 1.03. The van der Waals surface area contributed by atoms with Gasteiger partial charge in [-0.25, -0.2) is 9.78 Å². The Kier molecular flexibility index (Phi) is 4.78. The standard InChI is InChI=1S/C14H20N4O/c1-2-7-15-14(19)17-11-12-5-6-13(16-10-12)18-8-3-4-9-18/h2,5-6,10H,1,3-4,7-9,11H2,(H2,15,17,19). The monoisotopic (exact) mass is 260 g/mol. The molecule has 0 aliphatic carbocycles. The van der Waals surface area contributed by atoms with Gasteiger partial charge in [-0.05, 0) is 24.5 Å². The predicted octanol–water partition coefficient (Wildman–Crippen LogP) is 1.67. The fourth-order valence-electron chi connectivity index (χ4n) is 2.06. The third kappa shape index (κ3) is 3.98. The summed E-state index contributed by atoms with van der Waals surface area (Å²) >= 11 is 0. The molecule has 0 bridgehead atoms. The molecule has 102 valence electrons. The molecule has 19 heavy (non-hydrogen) atoms. The van der Waals surface area contributed by atoms with Crippen molar-refractivity contribution in [1.29, 1.82) is 0 Å². The molecule has 0 spiro atoms. The van der Waals surface area contributed by atoms with Crippen molar-refractivity contribution in [3.63, 3.8) is 0 Å². The number of carbonyl (C=O) groups excluding carboxylic acids is 1. The summed E-state index contributed by atoms with van der Waals surface area (Å²) in [5, 5.41) is 5.43. The fraction of sp³-hybridized carbons (Fsp3) is 0.429.